The van der Waals surface area contributed by atoms with E-state index < -0.39 is 0 Å². The Morgan fingerprint density at radius 2 is 1.69 bits per heavy atom. The number of nitrogens with two attached hydrogens (primary N) is 1. The zero-order chi connectivity index (χ0) is 11.2. The van der Waals surface area contributed by atoms with E-state index in [-0.39, 0.29) is 0 Å². The highest BCUT2D eigenvalue weighted by Crippen LogP contribution is 2.43. The molecule has 2 aliphatic heterocycles. The molecule has 3 fully saturated rings. The molecule has 0 amide bonds. The maximum absolute atomic E-state index is 6.13. The monoisotopic (exact) mass is 222 g/mol. The van der Waals surface area contributed by atoms with Crippen LogP contribution in [-0.4, -0.2) is 29.6 Å². The lowest BCUT2D eigenvalue weighted by atomic mass is 9.86. The molecule has 1 aliphatic carbocycles. The summed E-state index contributed by atoms with van der Waals surface area (Å²) in [4.78, 5) is 2.83. The topological polar surface area (TPSA) is 29.3 Å². The van der Waals surface area contributed by atoms with Crippen molar-refractivity contribution in [3.05, 3.63) is 0 Å². The first-order valence-corrected chi connectivity index (χ1v) is 7.18. The fourth-order valence-electron chi connectivity index (χ4n) is 4.40. The summed E-state index contributed by atoms with van der Waals surface area (Å²) < 4.78 is 0. The van der Waals surface area contributed by atoms with Crippen molar-refractivity contribution in [2.45, 2.75) is 76.4 Å². The summed E-state index contributed by atoms with van der Waals surface area (Å²) in [6.07, 6.45) is 11.2. The van der Waals surface area contributed by atoms with Gasteiger partial charge >= 0.3 is 0 Å². The lowest BCUT2D eigenvalue weighted by Crippen LogP contribution is -2.50. The number of hydrogen-bond donors (Lipinski definition) is 1. The van der Waals surface area contributed by atoms with E-state index in [0.29, 0.717) is 11.5 Å². The molecule has 3 rings (SSSR count). The number of piperidine rings is 1. The van der Waals surface area contributed by atoms with Gasteiger partial charge < -0.3 is 5.73 Å². The van der Waals surface area contributed by atoms with Gasteiger partial charge in [0.25, 0.3) is 0 Å². The molecule has 2 N–H and O–H groups in total. The van der Waals surface area contributed by atoms with Crippen molar-refractivity contribution >= 4 is 0 Å². The largest absolute Gasteiger partial charge is 0.328 e. The fraction of sp³-hybridized carbons (Fsp3) is 1.00. The second-order valence-corrected chi connectivity index (χ2v) is 6.81. The molecule has 2 heterocycles. The SMILES string of the molecule is CC1(CN2C3CCC2CC(N)C3)CCCC1. The number of rotatable bonds is 2. The summed E-state index contributed by atoms with van der Waals surface area (Å²) in [6.45, 7) is 3.86. The average molecular weight is 222 g/mol. The molecule has 2 bridgehead atoms. The van der Waals surface area contributed by atoms with Crippen LogP contribution in [0.25, 0.3) is 0 Å². The first-order chi connectivity index (χ1) is 7.66. The molecule has 0 spiro atoms. The van der Waals surface area contributed by atoms with Gasteiger partial charge in [0.15, 0.2) is 0 Å². The van der Waals surface area contributed by atoms with Crippen LogP contribution < -0.4 is 5.73 Å². The molecule has 2 atom stereocenters. The standard InChI is InChI=1S/C14H26N2/c1-14(6-2-3-7-14)10-16-12-4-5-13(16)9-11(15)8-12/h11-13H,2-10,15H2,1H3. The molecule has 2 saturated heterocycles. The Kier molecular flexibility index (Phi) is 2.75. The van der Waals surface area contributed by atoms with E-state index in [0.717, 1.165) is 12.1 Å². The third kappa shape index (κ3) is 1.91. The predicted octanol–water partition coefficient (Wildman–Crippen LogP) is 2.52. The van der Waals surface area contributed by atoms with Gasteiger partial charge in [-0.05, 0) is 43.9 Å². The molecule has 0 radical (unpaired) electrons. The van der Waals surface area contributed by atoms with Crippen LogP contribution in [0.15, 0.2) is 0 Å². The smallest absolute Gasteiger partial charge is 0.0114 e. The van der Waals surface area contributed by atoms with Crippen LogP contribution in [0.3, 0.4) is 0 Å². The Bertz CT molecular complexity index is 243. The molecular weight excluding hydrogens is 196 g/mol. The van der Waals surface area contributed by atoms with Crippen LogP contribution in [0, 0.1) is 5.41 Å². The lowest BCUT2D eigenvalue weighted by Gasteiger charge is -2.42. The molecule has 3 aliphatic rings. The maximum Gasteiger partial charge on any atom is 0.0114 e. The van der Waals surface area contributed by atoms with Gasteiger partial charge in [0.1, 0.15) is 0 Å². The second kappa shape index (κ2) is 3.99. The van der Waals surface area contributed by atoms with Crippen molar-refractivity contribution in [2.75, 3.05) is 6.54 Å². The van der Waals surface area contributed by atoms with E-state index in [1.807, 2.05) is 0 Å². The Balaban J connectivity index is 1.67. The minimum absolute atomic E-state index is 0.491. The van der Waals surface area contributed by atoms with Gasteiger partial charge in [-0.25, -0.2) is 0 Å². The normalized spacial score (nSPS) is 42.8. The molecule has 92 valence electrons. The van der Waals surface area contributed by atoms with Crippen LogP contribution in [0.5, 0.6) is 0 Å². The molecule has 2 heteroatoms. The van der Waals surface area contributed by atoms with Crippen molar-refractivity contribution in [3.63, 3.8) is 0 Å². The van der Waals surface area contributed by atoms with Crippen molar-refractivity contribution in [1.29, 1.82) is 0 Å². The highest BCUT2D eigenvalue weighted by molar-refractivity contribution is 4.99. The van der Waals surface area contributed by atoms with Crippen molar-refractivity contribution in [1.82, 2.24) is 4.90 Å². The third-order valence-corrected chi connectivity index (χ3v) is 5.30. The number of fused-ring (bicyclic) bond motifs is 2. The summed E-state index contributed by atoms with van der Waals surface area (Å²) in [5.41, 5.74) is 6.76. The van der Waals surface area contributed by atoms with E-state index in [4.69, 9.17) is 5.73 Å². The lowest BCUT2D eigenvalue weighted by molar-refractivity contribution is 0.0760. The first-order valence-electron chi connectivity index (χ1n) is 7.18. The van der Waals surface area contributed by atoms with E-state index in [9.17, 15) is 0 Å². The van der Waals surface area contributed by atoms with E-state index in [1.165, 1.54) is 57.9 Å². The summed E-state index contributed by atoms with van der Waals surface area (Å²) >= 11 is 0. The molecule has 1 saturated carbocycles. The molecule has 0 aromatic heterocycles. The van der Waals surface area contributed by atoms with Crippen LogP contribution in [0.2, 0.25) is 0 Å². The second-order valence-electron chi connectivity index (χ2n) is 6.81. The molecular formula is C14H26N2. The van der Waals surface area contributed by atoms with Gasteiger partial charge in [0, 0.05) is 24.7 Å². The van der Waals surface area contributed by atoms with Gasteiger partial charge in [-0.3, -0.25) is 4.90 Å². The average Bonchev–Trinajstić information content (AvgIpc) is 2.72. The molecule has 2 unspecified atom stereocenters. The molecule has 2 nitrogen and oxygen atoms in total. The highest BCUT2D eigenvalue weighted by atomic mass is 15.2. The Hall–Kier alpha value is -0.0800. The zero-order valence-corrected chi connectivity index (χ0v) is 10.6. The van der Waals surface area contributed by atoms with Crippen LogP contribution in [0.1, 0.15) is 58.3 Å². The quantitative estimate of drug-likeness (QED) is 0.778. The highest BCUT2D eigenvalue weighted by Gasteiger charge is 2.43. The summed E-state index contributed by atoms with van der Waals surface area (Å²) in [7, 11) is 0. The Labute approximate surface area is 99.6 Å². The van der Waals surface area contributed by atoms with Gasteiger partial charge in [0.2, 0.25) is 0 Å². The Morgan fingerprint density at radius 3 is 2.25 bits per heavy atom. The van der Waals surface area contributed by atoms with Gasteiger partial charge in [0.05, 0.1) is 0 Å². The van der Waals surface area contributed by atoms with Crippen LogP contribution in [-0.2, 0) is 0 Å². The molecule has 0 aromatic carbocycles. The van der Waals surface area contributed by atoms with Gasteiger partial charge in [-0.15, -0.1) is 0 Å². The third-order valence-electron chi connectivity index (χ3n) is 5.30. The van der Waals surface area contributed by atoms with Crippen molar-refractivity contribution in [2.24, 2.45) is 11.1 Å². The minimum Gasteiger partial charge on any atom is -0.328 e. The summed E-state index contributed by atoms with van der Waals surface area (Å²) in [6, 6.07) is 2.14. The Morgan fingerprint density at radius 1 is 1.12 bits per heavy atom. The maximum atomic E-state index is 6.13. The number of hydrogen-bond acceptors (Lipinski definition) is 2. The van der Waals surface area contributed by atoms with Crippen LogP contribution >= 0.6 is 0 Å². The van der Waals surface area contributed by atoms with E-state index in [2.05, 4.69) is 11.8 Å². The zero-order valence-electron chi connectivity index (χ0n) is 10.6. The summed E-state index contributed by atoms with van der Waals surface area (Å²) in [5, 5.41) is 0. The van der Waals surface area contributed by atoms with Crippen LogP contribution in [0.4, 0.5) is 0 Å². The van der Waals surface area contributed by atoms with E-state index >= 15 is 0 Å². The number of nitrogens with zero attached hydrogens (tertiary/aromatic N) is 1. The minimum atomic E-state index is 0.491. The van der Waals surface area contributed by atoms with Gasteiger partial charge in [-0.1, -0.05) is 19.8 Å². The van der Waals surface area contributed by atoms with E-state index in [1.54, 1.807) is 0 Å². The van der Waals surface area contributed by atoms with Gasteiger partial charge in [-0.2, -0.15) is 0 Å². The molecule has 16 heavy (non-hydrogen) atoms. The fourth-order valence-corrected chi connectivity index (χ4v) is 4.40. The molecule has 0 aromatic rings. The van der Waals surface area contributed by atoms with Crippen molar-refractivity contribution < 1.29 is 0 Å². The predicted molar refractivity (Wildman–Crippen MR) is 67.3 cm³/mol. The van der Waals surface area contributed by atoms with Crippen molar-refractivity contribution in [3.8, 4) is 0 Å². The first kappa shape index (κ1) is 11.0. The summed E-state index contributed by atoms with van der Waals surface area (Å²) in [5.74, 6) is 0.